The van der Waals surface area contributed by atoms with E-state index in [9.17, 15) is 14.7 Å². The summed E-state index contributed by atoms with van der Waals surface area (Å²) in [6.45, 7) is 6.73. The number of hydrogen-bond donors (Lipinski definition) is 2. The third kappa shape index (κ3) is 6.88. The van der Waals surface area contributed by atoms with E-state index in [1.807, 2.05) is 27.0 Å². The van der Waals surface area contributed by atoms with Crippen molar-refractivity contribution >= 4 is 12.1 Å². The van der Waals surface area contributed by atoms with E-state index in [0.29, 0.717) is 24.5 Å². The Balaban J connectivity index is 1.58. The van der Waals surface area contributed by atoms with Crippen LogP contribution in [0.2, 0.25) is 0 Å². The molecule has 0 spiro atoms. The summed E-state index contributed by atoms with van der Waals surface area (Å²) in [5, 5.41) is 12.0. The highest BCUT2D eigenvalue weighted by Gasteiger charge is 2.34. The molecule has 3 rings (SSSR count). The van der Waals surface area contributed by atoms with Gasteiger partial charge in [-0.1, -0.05) is 12.1 Å². The van der Waals surface area contributed by atoms with E-state index in [0.717, 1.165) is 86.5 Å². The fourth-order valence-corrected chi connectivity index (χ4v) is 5.37. The molecule has 1 fully saturated rings. The van der Waals surface area contributed by atoms with E-state index in [-0.39, 0.29) is 11.2 Å². The lowest BCUT2D eigenvalue weighted by Gasteiger charge is -2.31. The number of β-amino-alcohol motifs (C(OH)–C–C–N with tert-alkyl or cyclic N) is 1. The monoisotopic (exact) mass is 487 g/mol. The zero-order chi connectivity index (χ0) is 25.6. The first kappa shape index (κ1) is 27.3. The number of Topliss-reactive ketones (excluding diaryl/α,β-unsaturated/α-hetero) is 1. The summed E-state index contributed by atoms with van der Waals surface area (Å²) in [5.74, 6) is 6.15. The quantitative estimate of drug-likeness (QED) is 0.276. The van der Waals surface area contributed by atoms with Crippen molar-refractivity contribution in [1.82, 2.24) is 20.0 Å². The Kier molecular flexibility index (Phi) is 9.40. The highest BCUT2D eigenvalue weighted by atomic mass is 16.7. The van der Waals surface area contributed by atoms with Crippen molar-refractivity contribution in [3.8, 4) is 5.88 Å². The number of rotatable bonds is 11. The van der Waals surface area contributed by atoms with Gasteiger partial charge < -0.3 is 24.5 Å². The van der Waals surface area contributed by atoms with Gasteiger partial charge in [0, 0.05) is 67.6 Å². The van der Waals surface area contributed by atoms with Gasteiger partial charge in [-0.25, -0.2) is 10.8 Å². The number of nitrogens with zero attached hydrogens (tertiary/aromatic N) is 4. The van der Waals surface area contributed by atoms with Gasteiger partial charge in [0.05, 0.1) is 6.10 Å². The van der Waals surface area contributed by atoms with Gasteiger partial charge in [0.25, 0.3) is 0 Å². The average Bonchev–Trinajstić information content (AvgIpc) is 3.07. The minimum atomic E-state index is -0.679. The topological polar surface area (TPSA) is 112 Å². The van der Waals surface area contributed by atoms with E-state index >= 15 is 0 Å². The second-order valence-electron chi connectivity index (χ2n) is 9.99. The number of aliphatic hydroxyl groups excluding tert-OH is 1. The molecule has 1 aliphatic heterocycles. The predicted molar refractivity (Wildman–Crippen MR) is 134 cm³/mol. The number of aromatic nitrogens is 1. The van der Waals surface area contributed by atoms with Crippen molar-refractivity contribution in [2.45, 2.75) is 64.9 Å². The van der Waals surface area contributed by atoms with Gasteiger partial charge in [-0.3, -0.25) is 4.79 Å². The maximum Gasteiger partial charge on any atom is 0.240 e. The van der Waals surface area contributed by atoms with Gasteiger partial charge in [-0.05, 0) is 64.6 Å². The first-order chi connectivity index (χ1) is 16.7. The minimum absolute atomic E-state index is 0.266. The number of allylic oxidation sites excluding steroid dienone is 2. The Labute approximate surface area is 208 Å². The van der Waals surface area contributed by atoms with Gasteiger partial charge in [0.15, 0.2) is 5.78 Å². The Morgan fingerprint density at radius 3 is 2.71 bits per heavy atom. The number of hydroxylamine groups is 1. The van der Waals surface area contributed by atoms with Crippen LogP contribution < -0.4 is 10.7 Å². The number of ketones is 1. The summed E-state index contributed by atoms with van der Waals surface area (Å²) in [5.41, 5.74) is 3.19. The molecule has 1 aromatic heterocycles. The molecule has 1 saturated heterocycles. The predicted octanol–water partition coefficient (Wildman–Crippen LogP) is 2.54. The van der Waals surface area contributed by atoms with Crippen LogP contribution in [0.3, 0.4) is 0 Å². The third-order valence-corrected chi connectivity index (χ3v) is 7.49. The lowest BCUT2D eigenvalue weighted by Crippen LogP contribution is -2.33. The van der Waals surface area contributed by atoms with E-state index in [4.69, 9.17) is 10.7 Å². The third-order valence-electron chi connectivity index (χ3n) is 7.49. The molecule has 194 valence electrons. The molecule has 0 amide bonds. The fourth-order valence-electron chi connectivity index (χ4n) is 5.37. The van der Waals surface area contributed by atoms with Gasteiger partial charge in [0.2, 0.25) is 5.88 Å². The van der Waals surface area contributed by atoms with Gasteiger partial charge in [-0.15, -0.1) is 0 Å². The lowest BCUT2D eigenvalue weighted by atomic mass is 9.79. The number of aliphatic hydroxyl groups is 1. The molecule has 2 unspecified atom stereocenters. The fraction of sp³-hybridized carbons (Fsp3) is 0.654. The Morgan fingerprint density at radius 1 is 1.29 bits per heavy atom. The molecular formula is C26H41N5O4. The molecule has 0 aromatic carbocycles. The number of carbonyl (C=O) groups is 2. The first-order valence-corrected chi connectivity index (χ1v) is 12.6. The summed E-state index contributed by atoms with van der Waals surface area (Å²) in [7, 11) is 3.62. The summed E-state index contributed by atoms with van der Waals surface area (Å²) < 4.78 is 0. The van der Waals surface area contributed by atoms with Crippen LogP contribution in [0.15, 0.2) is 23.4 Å². The smallest absolute Gasteiger partial charge is 0.240 e. The Hall–Kier alpha value is -2.33. The highest BCUT2D eigenvalue weighted by molar-refractivity contribution is 5.98. The molecule has 0 radical (unpaired) electrons. The van der Waals surface area contributed by atoms with E-state index < -0.39 is 6.10 Å². The molecule has 2 heterocycles. The van der Waals surface area contributed by atoms with Crippen molar-refractivity contribution in [2.75, 3.05) is 40.3 Å². The molecule has 1 aromatic rings. The largest absolute Gasteiger partial charge is 0.387 e. The number of nitrogens with two attached hydrogens (primary N) is 1. The summed E-state index contributed by atoms with van der Waals surface area (Å²) in [6.07, 6.45) is 5.94. The van der Waals surface area contributed by atoms with Crippen molar-refractivity contribution in [3.63, 3.8) is 0 Å². The SMILES string of the molecule is CCC1=C(N(C)CCC2(C=O)CCCN(CC(O)c3ccc(ON(C)N)nc3C)CC2)CCC1=O. The Morgan fingerprint density at radius 2 is 2.06 bits per heavy atom. The second-order valence-corrected chi connectivity index (χ2v) is 9.99. The summed E-state index contributed by atoms with van der Waals surface area (Å²) >= 11 is 0. The number of likely N-dealkylation sites (tertiary alicyclic amines) is 1. The van der Waals surface area contributed by atoms with Crippen LogP contribution >= 0.6 is 0 Å². The summed E-state index contributed by atoms with van der Waals surface area (Å²) in [6, 6.07) is 3.52. The standard InChI is InChI=1S/C26H41N5O4/c1-5-20-22(8-9-23(20)33)29(3)15-12-26(18-32)11-6-14-31(16-13-26)17-24(34)21-7-10-25(28-19(21)2)35-30(4)27/h7,10,18,24,34H,5-6,8-9,11-17,27H2,1-4H3. The van der Waals surface area contributed by atoms with Crippen molar-refractivity contribution in [2.24, 2.45) is 11.3 Å². The highest BCUT2D eigenvalue weighted by Crippen LogP contribution is 2.35. The van der Waals surface area contributed by atoms with Crippen molar-refractivity contribution < 1.29 is 19.5 Å². The van der Waals surface area contributed by atoms with Gasteiger partial charge >= 0.3 is 0 Å². The number of pyridine rings is 1. The maximum absolute atomic E-state index is 12.3. The molecule has 35 heavy (non-hydrogen) atoms. The van der Waals surface area contributed by atoms with E-state index in [1.54, 1.807) is 13.1 Å². The van der Waals surface area contributed by atoms with Crippen LogP contribution in [-0.2, 0) is 9.59 Å². The van der Waals surface area contributed by atoms with Crippen LogP contribution in [0.4, 0.5) is 0 Å². The molecule has 9 nitrogen and oxygen atoms in total. The van der Waals surface area contributed by atoms with Gasteiger partial charge in [-0.2, -0.15) is 0 Å². The molecular weight excluding hydrogens is 446 g/mol. The zero-order valence-corrected chi connectivity index (χ0v) is 21.6. The molecule has 3 N–H and O–H groups in total. The van der Waals surface area contributed by atoms with Crippen molar-refractivity contribution in [1.29, 1.82) is 0 Å². The Bertz CT molecular complexity index is 934. The number of carbonyl (C=O) groups excluding carboxylic acids is 2. The molecule has 9 heteroatoms. The molecule has 0 bridgehead atoms. The number of aldehydes is 1. The molecule has 2 atom stereocenters. The first-order valence-electron chi connectivity index (χ1n) is 12.6. The van der Waals surface area contributed by atoms with Crippen LogP contribution in [0.5, 0.6) is 5.88 Å². The number of aryl methyl sites for hydroxylation is 1. The van der Waals surface area contributed by atoms with Crippen molar-refractivity contribution in [3.05, 3.63) is 34.7 Å². The van der Waals surface area contributed by atoms with Crippen LogP contribution in [0.25, 0.3) is 0 Å². The second kappa shape index (κ2) is 12.1. The van der Waals surface area contributed by atoms with Crippen LogP contribution in [0.1, 0.15) is 69.2 Å². The number of hydrogen-bond acceptors (Lipinski definition) is 9. The van der Waals surface area contributed by atoms with Crippen LogP contribution in [-0.4, -0.2) is 77.4 Å². The molecule has 2 aliphatic rings. The molecule has 0 saturated carbocycles. The minimum Gasteiger partial charge on any atom is -0.387 e. The normalized spacial score (nSPS) is 22.4. The maximum atomic E-state index is 12.3. The van der Waals surface area contributed by atoms with Crippen LogP contribution in [0, 0.1) is 12.3 Å². The lowest BCUT2D eigenvalue weighted by molar-refractivity contribution is -0.117. The van der Waals surface area contributed by atoms with Gasteiger partial charge in [0.1, 0.15) is 6.29 Å². The van der Waals surface area contributed by atoms with E-state index in [2.05, 4.69) is 14.8 Å². The molecule has 1 aliphatic carbocycles. The summed E-state index contributed by atoms with van der Waals surface area (Å²) in [4.78, 5) is 38.4. The van der Waals surface area contributed by atoms with E-state index in [1.165, 1.54) is 0 Å². The number of hydrazine groups is 1. The zero-order valence-electron chi connectivity index (χ0n) is 21.6. The average molecular weight is 488 g/mol.